The van der Waals surface area contributed by atoms with Gasteiger partial charge in [0, 0.05) is 11.0 Å². The first-order valence-corrected chi connectivity index (χ1v) is 7.89. The summed E-state index contributed by atoms with van der Waals surface area (Å²) < 4.78 is 4.86. The standard InChI is InChI=1S/C17H29ClO2/c1-6-17(5,18)12-11-14(3)9-8-10-15(4)13-16(19)20-7-2/h8,10,13-14H,6-7,9,11-12H2,1-5H3. The molecular weight excluding hydrogens is 272 g/mol. The number of esters is 1. The van der Waals surface area contributed by atoms with E-state index in [-0.39, 0.29) is 10.8 Å². The molecular formula is C17H29ClO2. The predicted octanol–water partition coefficient (Wildman–Crippen LogP) is 5.27. The summed E-state index contributed by atoms with van der Waals surface area (Å²) in [6, 6.07) is 0. The van der Waals surface area contributed by atoms with Crippen molar-refractivity contribution in [3.8, 4) is 0 Å². The van der Waals surface area contributed by atoms with Crippen molar-refractivity contribution in [2.45, 2.75) is 65.2 Å². The highest BCUT2D eigenvalue weighted by Crippen LogP contribution is 2.27. The molecule has 0 spiro atoms. The predicted molar refractivity (Wildman–Crippen MR) is 87.1 cm³/mol. The maximum atomic E-state index is 11.2. The van der Waals surface area contributed by atoms with Crippen LogP contribution in [-0.2, 0) is 9.53 Å². The largest absolute Gasteiger partial charge is 0.463 e. The van der Waals surface area contributed by atoms with Crippen LogP contribution >= 0.6 is 11.6 Å². The van der Waals surface area contributed by atoms with Crippen LogP contribution in [0.4, 0.5) is 0 Å². The topological polar surface area (TPSA) is 26.3 Å². The van der Waals surface area contributed by atoms with Crippen molar-refractivity contribution in [2.75, 3.05) is 6.61 Å². The highest BCUT2D eigenvalue weighted by Gasteiger charge is 2.18. The molecule has 0 aromatic rings. The zero-order chi connectivity index (χ0) is 15.6. The third-order valence-corrected chi connectivity index (χ3v) is 3.90. The highest BCUT2D eigenvalue weighted by molar-refractivity contribution is 6.23. The fraction of sp³-hybridized carbons (Fsp3) is 0.706. The van der Waals surface area contributed by atoms with Gasteiger partial charge < -0.3 is 4.74 Å². The summed E-state index contributed by atoms with van der Waals surface area (Å²) in [6.07, 6.45) is 9.79. The summed E-state index contributed by atoms with van der Waals surface area (Å²) in [5, 5.41) is 0. The van der Waals surface area contributed by atoms with Crippen LogP contribution in [0, 0.1) is 5.92 Å². The van der Waals surface area contributed by atoms with Gasteiger partial charge in [0.1, 0.15) is 0 Å². The molecule has 0 N–H and O–H groups in total. The number of carbonyl (C=O) groups excluding carboxylic acids is 1. The van der Waals surface area contributed by atoms with Gasteiger partial charge in [-0.2, -0.15) is 0 Å². The lowest BCUT2D eigenvalue weighted by molar-refractivity contribution is -0.137. The van der Waals surface area contributed by atoms with E-state index in [1.54, 1.807) is 6.92 Å². The molecule has 116 valence electrons. The molecule has 0 bridgehead atoms. The van der Waals surface area contributed by atoms with Crippen molar-refractivity contribution in [3.05, 3.63) is 23.8 Å². The first-order chi connectivity index (χ1) is 9.30. The molecule has 0 saturated carbocycles. The van der Waals surface area contributed by atoms with Gasteiger partial charge in [-0.15, -0.1) is 11.6 Å². The number of allylic oxidation sites excluding steroid dienone is 3. The van der Waals surface area contributed by atoms with Crippen LogP contribution in [0.1, 0.15) is 60.3 Å². The molecule has 0 heterocycles. The van der Waals surface area contributed by atoms with Crippen LogP contribution in [0.5, 0.6) is 0 Å². The minimum absolute atomic E-state index is 0.0717. The van der Waals surface area contributed by atoms with Crippen LogP contribution in [-0.4, -0.2) is 17.5 Å². The lowest BCUT2D eigenvalue weighted by Crippen LogP contribution is -2.15. The molecule has 0 aliphatic heterocycles. The third kappa shape index (κ3) is 10.1. The van der Waals surface area contributed by atoms with Gasteiger partial charge in [0.25, 0.3) is 0 Å². The Labute approximate surface area is 129 Å². The summed E-state index contributed by atoms with van der Waals surface area (Å²) in [6.45, 7) is 10.6. The van der Waals surface area contributed by atoms with E-state index < -0.39 is 0 Å². The molecule has 2 nitrogen and oxygen atoms in total. The summed E-state index contributed by atoms with van der Waals surface area (Å²) in [5.41, 5.74) is 0.923. The van der Waals surface area contributed by atoms with Crippen LogP contribution < -0.4 is 0 Å². The van der Waals surface area contributed by atoms with Gasteiger partial charge in [-0.1, -0.05) is 26.0 Å². The van der Waals surface area contributed by atoms with Crippen LogP contribution in [0.3, 0.4) is 0 Å². The van der Waals surface area contributed by atoms with Crippen LogP contribution in [0.15, 0.2) is 23.8 Å². The van der Waals surface area contributed by atoms with E-state index >= 15 is 0 Å². The Morgan fingerprint density at radius 1 is 1.40 bits per heavy atom. The van der Waals surface area contributed by atoms with Crippen molar-refractivity contribution < 1.29 is 9.53 Å². The van der Waals surface area contributed by atoms with Gasteiger partial charge in [-0.05, 0) is 57.9 Å². The third-order valence-electron chi connectivity index (χ3n) is 3.45. The van der Waals surface area contributed by atoms with Gasteiger partial charge in [0.05, 0.1) is 6.61 Å². The van der Waals surface area contributed by atoms with Gasteiger partial charge in [0.15, 0.2) is 0 Å². The number of hydrogen-bond acceptors (Lipinski definition) is 2. The van der Waals surface area contributed by atoms with Gasteiger partial charge >= 0.3 is 5.97 Å². The van der Waals surface area contributed by atoms with Gasteiger partial charge in [-0.3, -0.25) is 0 Å². The quantitative estimate of drug-likeness (QED) is 0.251. The molecule has 0 aromatic heterocycles. The molecule has 2 unspecified atom stereocenters. The normalized spacial score (nSPS) is 17.0. The number of carbonyl (C=O) groups is 1. The number of halogens is 1. The first kappa shape index (κ1) is 19.2. The second-order valence-corrected chi connectivity index (χ2v) is 6.60. The zero-order valence-electron chi connectivity index (χ0n) is 13.5. The molecule has 0 fully saturated rings. The monoisotopic (exact) mass is 300 g/mol. The summed E-state index contributed by atoms with van der Waals surface area (Å²) in [4.78, 5) is 11.2. The Morgan fingerprint density at radius 3 is 2.60 bits per heavy atom. The molecule has 0 radical (unpaired) electrons. The molecule has 0 aliphatic carbocycles. The molecule has 2 atom stereocenters. The van der Waals surface area contributed by atoms with E-state index in [1.165, 1.54) is 6.08 Å². The van der Waals surface area contributed by atoms with Crippen molar-refractivity contribution >= 4 is 17.6 Å². The average molecular weight is 301 g/mol. The lowest BCUT2D eigenvalue weighted by atomic mass is 9.93. The maximum absolute atomic E-state index is 11.2. The van der Waals surface area contributed by atoms with Gasteiger partial charge in [-0.25, -0.2) is 4.79 Å². The number of rotatable bonds is 9. The summed E-state index contributed by atoms with van der Waals surface area (Å²) >= 11 is 6.36. The van der Waals surface area contributed by atoms with Crippen molar-refractivity contribution in [1.82, 2.24) is 0 Å². The fourth-order valence-corrected chi connectivity index (χ4v) is 1.86. The molecule has 0 aliphatic rings. The lowest BCUT2D eigenvalue weighted by Gasteiger charge is -2.21. The van der Waals surface area contributed by atoms with Crippen LogP contribution in [0.25, 0.3) is 0 Å². The van der Waals surface area contributed by atoms with E-state index in [0.717, 1.165) is 31.3 Å². The minimum atomic E-state index is -0.274. The number of ether oxygens (including phenoxy) is 1. The van der Waals surface area contributed by atoms with Crippen molar-refractivity contribution in [3.63, 3.8) is 0 Å². The van der Waals surface area contributed by atoms with Crippen molar-refractivity contribution in [2.24, 2.45) is 5.92 Å². The Kier molecular flexibility index (Phi) is 9.66. The smallest absolute Gasteiger partial charge is 0.330 e. The van der Waals surface area contributed by atoms with Gasteiger partial charge in [0.2, 0.25) is 0 Å². The molecule has 0 saturated heterocycles. The second-order valence-electron chi connectivity index (χ2n) is 5.69. The Morgan fingerprint density at radius 2 is 2.05 bits per heavy atom. The second kappa shape index (κ2) is 10.0. The molecule has 3 heteroatoms. The average Bonchev–Trinajstić information content (AvgIpc) is 2.36. The first-order valence-electron chi connectivity index (χ1n) is 7.51. The van der Waals surface area contributed by atoms with E-state index in [9.17, 15) is 4.79 Å². The van der Waals surface area contributed by atoms with E-state index in [0.29, 0.717) is 12.5 Å². The summed E-state index contributed by atoms with van der Waals surface area (Å²) in [5.74, 6) is 0.329. The minimum Gasteiger partial charge on any atom is -0.463 e. The maximum Gasteiger partial charge on any atom is 0.330 e. The summed E-state index contributed by atoms with van der Waals surface area (Å²) in [7, 11) is 0. The number of alkyl halides is 1. The van der Waals surface area contributed by atoms with E-state index in [2.05, 4.69) is 26.8 Å². The Balaban J connectivity index is 4.08. The Hall–Kier alpha value is -0.760. The zero-order valence-corrected chi connectivity index (χ0v) is 14.3. The highest BCUT2D eigenvalue weighted by atomic mass is 35.5. The molecule has 20 heavy (non-hydrogen) atoms. The Bertz CT molecular complexity index is 343. The fourth-order valence-electron chi connectivity index (χ4n) is 1.75. The molecule has 0 amide bonds. The molecule has 0 rings (SSSR count). The van der Waals surface area contributed by atoms with E-state index in [4.69, 9.17) is 16.3 Å². The number of hydrogen-bond donors (Lipinski definition) is 0. The SMILES string of the molecule is CCOC(=O)C=C(C)C=CCC(C)CCC(C)(Cl)CC. The van der Waals surface area contributed by atoms with Crippen LogP contribution in [0.2, 0.25) is 0 Å². The molecule has 0 aromatic carbocycles. The van der Waals surface area contributed by atoms with E-state index in [1.807, 2.05) is 13.0 Å². The van der Waals surface area contributed by atoms with Crippen molar-refractivity contribution in [1.29, 1.82) is 0 Å².